The number of carbonyl (C=O) groups is 3. The summed E-state index contributed by atoms with van der Waals surface area (Å²) in [5.74, 6) is 2.51. The van der Waals surface area contributed by atoms with Gasteiger partial charge in [-0.25, -0.2) is 4.98 Å². The van der Waals surface area contributed by atoms with E-state index in [1.165, 1.54) is 30.6 Å². The van der Waals surface area contributed by atoms with Crippen LogP contribution in [0.3, 0.4) is 0 Å². The lowest BCUT2D eigenvalue weighted by Crippen LogP contribution is -2.36. The van der Waals surface area contributed by atoms with E-state index in [1.807, 2.05) is 19.1 Å². The molecule has 2 fully saturated rings. The Morgan fingerprint density at radius 3 is 1.93 bits per heavy atom. The summed E-state index contributed by atoms with van der Waals surface area (Å²) in [4.78, 5) is 56.6. The quantitative estimate of drug-likeness (QED) is 0.0466. The van der Waals surface area contributed by atoms with E-state index in [2.05, 4.69) is 61.1 Å². The molecule has 402 valence electrons. The Morgan fingerprint density at radius 2 is 1.38 bits per heavy atom. The molecule has 2 saturated heterocycles. The average molecular weight is 1090 g/mol. The molecule has 7 heterocycles. The van der Waals surface area contributed by atoms with E-state index >= 15 is 0 Å². The number of hydrogen-bond acceptors (Lipinski definition) is 17. The number of aryl methyl sites for hydroxylation is 3. The van der Waals surface area contributed by atoms with Crippen molar-refractivity contribution >= 4 is 103 Å². The van der Waals surface area contributed by atoms with Gasteiger partial charge in [0.05, 0.1) is 61.7 Å². The molecule has 0 aliphatic carbocycles. The van der Waals surface area contributed by atoms with Crippen LogP contribution in [0.25, 0.3) is 39.3 Å². The third-order valence-corrected chi connectivity index (χ3v) is 17.5. The Bertz CT molecular complexity index is 2580. The Labute approximate surface area is 447 Å². The molecule has 0 spiro atoms. The number of methoxy groups -OCH3 is 1. The van der Waals surface area contributed by atoms with Crippen molar-refractivity contribution in [3.05, 3.63) is 75.4 Å². The molecule has 0 radical (unpaired) electrons. The molecule has 3 aromatic rings. The number of rotatable bonds is 18. The third-order valence-electron chi connectivity index (χ3n) is 13.2. The first-order chi connectivity index (χ1) is 35.1. The fourth-order valence-electron chi connectivity index (χ4n) is 9.23. The van der Waals surface area contributed by atoms with E-state index in [4.69, 9.17) is 24.5 Å². The first-order valence-corrected chi connectivity index (χ1v) is 29.2. The van der Waals surface area contributed by atoms with Gasteiger partial charge < -0.3 is 49.7 Å². The number of fused-ring (bicyclic) bond motifs is 8. The lowest BCUT2D eigenvalue weighted by atomic mass is 9.97. The molecule has 4 aliphatic rings. The summed E-state index contributed by atoms with van der Waals surface area (Å²) in [7, 11) is 2.38. The minimum atomic E-state index is -0.505. The molecule has 7 atom stereocenters. The number of hydrogen-bond donors (Lipinski definition) is 7. The van der Waals surface area contributed by atoms with E-state index in [9.17, 15) is 34.8 Å². The van der Waals surface area contributed by atoms with Gasteiger partial charge in [0.25, 0.3) is 0 Å². The van der Waals surface area contributed by atoms with Crippen molar-refractivity contribution in [3.63, 3.8) is 0 Å². The zero-order chi connectivity index (χ0) is 53.4. The van der Waals surface area contributed by atoms with Gasteiger partial charge in [0.1, 0.15) is 10.9 Å². The molecule has 0 saturated carbocycles. The monoisotopic (exact) mass is 1080 g/mol. The summed E-state index contributed by atoms with van der Waals surface area (Å²) in [6, 6.07) is 6.28. The van der Waals surface area contributed by atoms with Gasteiger partial charge in [-0.05, 0) is 98.4 Å². The van der Waals surface area contributed by atoms with E-state index < -0.39 is 12.2 Å². The summed E-state index contributed by atoms with van der Waals surface area (Å²) in [6.07, 6.45) is 5.42. The average Bonchev–Trinajstić information content (AvgIpc) is 4.09. The zero-order valence-electron chi connectivity index (χ0n) is 43.6. The number of aromatic amines is 2. The van der Waals surface area contributed by atoms with Gasteiger partial charge in [0, 0.05) is 108 Å². The van der Waals surface area contributed by atoms with Crippen molar-refractivity contribution in [1.29, 1.82) is 0 Å². The largest absolute Gasteiger partial charge is 0.469 e. The number of aromatic nitrogens is 4. The van der Waals surface area contributed by atoms with Crippen LogP contribution < -0.4 is 0 Å². The fourth-order valence-corrected chi connectivity index (χ4v) is 13.6. The van der Waals surface area contributed by atoms with Crippen LogP contribution in [0.5, 0.6) is 0 Å². The number of nitrogens with one attached hydrogen (secondary N) is 2. The van der Waals surface area contributed by atoms with Crippen LogP contribution in [-0.4, -0.2) is 147 Å². The number of aliphatic hydroxyl groups excluding tert-OH is 5. The summed E-state index contributed by atoms with van der Waals surface area (Å²) in [5.41, 5.74) is 12.5. The molecule has 73 heavy (non-hydrogen) atoms. The Morgan fingerprint density at radius 1 is 0.795 bits per heavy atom. The van der Waals surface area contributed by atoms with E-state index in [0.29, 0.717) is 72.6 Å². The Balaban J connectivity index is 0.00000115. The number of nitrogens with zero attached hydrogens (tertiary/aromatic N) is 2. The molecule has 4 aliphatic heterocycles. The first kappa shape index (κ1) is 60.4. The van der Waals surface area contributed by atoms with Crippen molar-refractivity contribution in [2.24, 2.45) is 0 Å². The Kier molecular flexibility index (Phi) is 24.6. The molecule has 7 unspecified atom stereocenters. The van der Waals surface area contributed by atoms with Gasteiger partial charge in [-0.3, -0.25) is 19.4 Å². The molecule has 15 nitrogen and oxygen atoms in total. The molecule has 7 rings (SSSR count). The fraction of sp³-hybridized carbons (Fsp3) is 0.574. The van der Waals surface area contributed by atoms with Crippen LogP contribution in [0.1, 0.15) is 129 Å². The van der Waals surface area contributed by atoms with Gasteiger partial charge in [-0.1, -0.05) is 56.9 Å². The third kappa shape index (κ3) is 16.3. The summed E-state index contributed by atoms with van der Waals surface area (Å²) < 4.78 is 16.1. The maximum atomic E-state index is 14.6. The van der Waals surface area contributed by atoms with Crippen molar-refractivity contribution in [2.45, 2.75) is 147 Å². The lowest BCUT2D eigenvalue weighted by Gasteiger charge is -2.31. The second-order valence-electron chi connectivity index (χ2n) is 18.4. The van der Waals surface area contributed by atoms with Crippen molar-refractivity contribution in [3.8, 4) is 0 Å². The van der Waals surface area contributed by atoms with E-state index in [-0.39, 0.29) is 64.8 Å². The summed E-state index contributed by atoms with van der Waals surface area (Å²) in [5, 5.41) is 46.6. The molecular formula is C54H76N4O11S4. The molecule has 3 aromatic heterocycles. The molecule has 19 heteroatoms. The van der Waals surface area contributed by atoms with Crippen molar-refractivity contribution < 1.29 is 54.1 Å². The molecule has 8 bridgehead atoms. The van der Waals surface area contributed by atoms with Crippen molar-refractivity contribution in [1.82, 2.24) is 19.9 Å². The van der Waals surface area contributed by atoms with Gasteiger partial charge in [0.2, 0.25) is 5.12 Å². The topological polar surface area (TPSA) is 237 Å². The zero-order valence-corrected chi connectivity index (χ0v) is 46.9. The van der Waals surface area contributed by atoms with E-state index in [0.717, 1.165) is 99.2 Å². The maximum Gasteiger partial charge on any atom is 0.305 e. The number of ether oxygens (including phenoxy) is 3. The predicted octanol–water partition coefficient (Wildman–Crippen LogP) is 8.62. The number of thioether (sulfide) groups is 4. The standard InChI is InChI=1S/C49H64N4O8S4.C4H8O2.CH4O/c1-7-34-27(4)38-21-37-26(3)15-41(50-37)36(20-44(58)62-11-9-12-63-45-18-30(56)16-32(24-54)60-45)48-47(49(59)65-14-10-13-64-46-19-31(57)17-33(25-55)61-46)29(6)40(53-48)23-43-35(8-2)28(5)39(52-43)22-42(34)51-38;1-3-4(5)6-2;1-2/h7,21-23,26,30-33,45-46,51-52,54-57H,1,8-20,24-25H2,2-6H3;3H2,1-2H3;2H,1H3. The smallest absolute Gasteiger partial charge is 0.305 e. The van der Waals surface area contributed by atoms with Crippen LogP contribution in [0.4, 0.5) is 0 Å². The van der Waals surface area contributed by atoms with Gasteiger partial charge in [0.15, 0.2) is 5.12 Å². The van der Waals surface area contributed by atoms with Crippen LogP contribution >= 0.6 is 47.0 Å². The normalized spacial score (nSPS) is 21.7. The van der Waals surface area contributed by atoms with Crippen LogP contribution in [-0.2, 0) is 47.9 Å². The summed E-state index contributed by atoms with van der Waals surface area (Å²) in [6.45, 7) is 16.1. The van der Waals surface area contributed by atoms with E-state index in [1.54, 1.807) is 30.4 Å². The van der Waals surface area contributed by atoms with Gasteiger partial charge in [-0.2, -0.15) is 0 Å². The van der Waals surface area contributed by atoms with Gasteiger partial charge in [-0.15, -0.1) is 23.5 Å². The second-order valence-corrected chi connectivity index (χ2v) is 23.1. The SMILES string of the molecule is C=Cc1c(C)c2cc3nc(c(CC(=O)SCCCSC4CC(O)CC(CO)O4)c4nc(cc5[nH]c(cc1[nH]2)c(C)c5CC)C(C)=C4C(=O)SCCCSC1CC(O)CC(CO)O1)CC3C.CCC(=O)OC.CO. The van der Waals surface area contributed by atoms with Crippen molar-refractivity contribution in [2.75, 3.05) is 50.4 Å². The van der Waals surface area contributed by atoms with Gasteiger partial charge >= 0.3 is 5.97 Å². The predicted molar refractivity (Wildman–Crippen MR) is 300 cm³/mol. The molecular weight excluding hydrogens is 1010 g/mol. The summed E-state index contributed by atoms with van der Waals surface area (Å²) >= 11 is 5.73. The maximum absolute atomic E-state index is 14.6. The minimum Gasteiger partial charge on any atom is -0.469 e. The number of carbonyl (C=O) groups excluding carboxylic acids is 3. The number of allylic oxidation sites excluding steroid dienone is 1. The lowest BCUT2D eigenvalue weighted by molar-refractivity contribution is -0.140. The van der Waals surface area contributed by atoms with Crippen LogP contribution in [0.15, 0.2) is 24.8 Å². The molecule has 7 N–H and O–H groups in total. The first-order valence-electron chi connectivity index (χ1n) is 25.2. The number of H-pyrrole nitrogens is 2. The number of aliphatic hydroxyl groups is 5. The second kappa shape index (κ2) is 29.7. The number of esters is 1. The Hall–Kier alpha value is -3.47. The highest BCUT2D eigenvalue weighted by molar-refractivity contribution is 8.14. The highest BCUT2D eigenvalue weighted by atomic mass is 32.2. The molecule has 0 amide bonds. The van der Waals surface area contributed by atoms with Crippen LogP contribution in [0.2, 0.25) is 0 Å². The highest BCUT2D eigenvalue weighted by Crippen LogP contribution is 2.39. The minimum absolute atomic E-state index is 0.0291. The van der Waals surface area contributed by atoms with Crippen LogP contribution in [0, 0.1) is 13.8 Å². The highest BCUT2D eigenvalue weighted by Gasteiger charge is 2.32. The molecule has 0 aromatic carbocycles.